The maximum atomic E-state index is 5.77. The normalized spacial score (nSPS) is 31.0. The van der Waals surface area contributed by atoms with Crippen LogP contribution in [0, 0.1) is 11.8 Å². The number of rotatable bonds is 3. The molecule has 114 valence electrons. The van der Waals surface area contributed by atoms with Crippen molar-refractivity contribution < 1.29 is 9.47 Å². The molecule has 3 rings (SSSR count). The largest absolute Gasteiger partial charge is 0.466 e. The molecule has 2 aliphatic heterocycles. The average Bonchev–Trinajstić information content (AvgIpc) is 2.49. The molecule has 0 aromatic carbocycles. The van der Waals surface area contributed by atoms with Gasteiger partial charge in [-0.15, -0.1) is 0 Å². The highest BCUT2D eigenvalue weighted by Crippen LogP contribution is 2.32. The van der Waals surface area contributed by atoms with Gasteiger partial charge in [0.25, 0.3) is 0 Å². The lowest BCUT2D eigenvalue weighted by Crippen LogP contribution is -2.47. The van der Waals surface area contributed by atoms with E-state index in [0.717, 1.165) is 43.5 Å². The van der Waals surface area contributed by atoms with Gasteiger partial charge in [0.2, 0.25) is 0 Å². The molecule has 3 nitrogen and oxygen atoms in total. The van der Waals surface area contributed by atoms with Crippen molar-refractivity contribution in [3.8, 4) is 0 Å². The number of nitrogens with zero attached hydrogens (tertiary/aromatic N) is 1. The zero-order chi connectivity index (χ0) is 14.7. The molecule has 3 heteroatoms. The minimum Gasteiger partial charge on any atom is -0.466 e. The molecule has 1 saturated heterocycles. The fourth-order valence-electron chi connectivity index (χ4n) is 3.77. The Morgan fingerprint density at radius 3 is 2.62 bits per heavy atom. The Bertz CT molecular complexity index is 479. The van der Waals surface area contributed by atoms with Gasteiger partial charge in [-0.25, -0.2) is 0 Å². The molecular weight excluding hydrogens is 262 g/mol. The van der Waals surface area contributed by atoms with Gasteiger partial charge < -0.3 is 9.47 Å². The maximum Gasteiger partial charge on any atom is 0.160 e. The van der Waals surface area contributed by atoms with Gasteiger partial charge in [0.1, 0.15) is 18.8 Å². The van der Waals surface area contributed by atoms with Crippen molar-refractivity contribution in [2.24, 2.45) is 11.8 Å². The molecule has 3 aliphatic rings. The molecule has 21 heavy (non-hydrogen) atoms. The molecule has 1 fully saturated rings. The van der Waals surface area contributed by atoms with E-state index in [2.05, 4.69) is 37.0 Å². The smallest absolute Gasteiger partial charge is 0.160 e. The van der Waals surface area contributed by atoms with Gasteiger partial charge in [0.05, 0.1) is 6.04 Å². The van der Waals surface area contributed by atoms with E-state index in [1.165, 1.54) is 12.0 Å². The van der Waals surface area contributed by atoms with Gasteiger partial charge in [0, 0.05) is 13.1 Å². The van der Waals surface area contributed by atoms with Crippen LogP contribution in [-0.4, -0.2) is 24.0 Å². The van der Waals surface area contributed by atoms with Crippen molar-refractivity contribution in [1.82, 2.24) is 4.90 Å². The molecule has 0 aromatic heterocycles. The summed E-state index contributed by atoms with van der Waals surface area (Å²) < 4.78 is 11.1. The van der Waals surface area contributed by atoms with E-state index < -0.39 is 0 Å². The second kappa shape index (κ2) is 6.52. The second-order valence-corrected chi connectivity index (χ2v) is 6.56. The van der Waals surface area contributed by atoms with Crippen molar-refractivity contribution in [1.29, 1.82) is 0 Å². The Hall–Kier alpha value is -1.48. The molecule has 0 N–H and O–H groups in total. The molecular formula is C18H25NO2. The van der Waals surface area contributed by atoms with Crippen LogP contribution in [0.2, 0.25) is 0 Å². The molecule has 0 spiro atoms. The van der Waals surface area contributed by atoms with Crippen molar-refractivity contribution in [3.63, 3.8) is 0 Å². The van der Waals surface area contributed by atoms with Gasteiger partial charge in [-0.3, -0.25) is 4.90 Å². The summed E-state index contributed by atoms with van der Waals surface area (Å²) in [5, 5.41) is 0. The van der Waals surface area contributed by atoms with Gasteiger partial charge in [-0.05, 0) is 36.7 Å². The lowest BCUT2D eigenvalue weighted by molar-refractivity contribution is 0.0921. The van der Waals surface area contributed by atoms with Crippen LogP contribution in [0.25, 0.3) is 0 Å². The van der Waals surface area contributed by atoms with Gasteiger partial charge in [-0.1, -0.05) is 32.1 Å². The van der Waals surface area contributed by atoms with Gasteiger partial charge >= 0.3 is 0 Å². The predicted octanol–water partition coefficient (Wildman–Crippen LogP) is 3.97. The van der Waals surface area contributed by atoms with Crippen LogP contribution in [0.5, 0.6) is 0 Å². The van der Waals surface area contributed by atoms with E-state index in [1.807, 2.05) is 0 Å². The minimum absolute atomic E-state index is 0.213. The summed E-state index contributed by atoms with van der Waals surface area (Å²) in [6.07, 6.45) is 15.2. The summed E-state index contributed by atoms with van der Waals surface area (Å²) in [6, 6.07) is 0.213. The van der Waals surface area contributed by atoms with Crippen molar-refractivity contribution >= 4 is 0 Å². The van der Waals surface area contributed by atoms with Crippen LogP contribution in [-0.2, 0) is 9.47 Å². The summed E-state index contributed by atoms with van der Waals surface area (Å²) in [6.45, 7) is 6.95. The quantitative estimate of drug-likeness (QED) is 0.784. The molecule has 3 atom stereocenters. The summed E-state index contributed by atoms with van der Waals surface area (Å²) in [4.78, 5) is 2.57. The third kappa shape index (κ3) is 3.41. The second-order valence-electron chi connectivity index (χ2n) is 6.56. The Kier molecular flexibility index (Phi) is 4.49. The highest BCUT2D eigenvalue weighted by Gasteiger charge is 2.33. The van der Waals surface area contributed by atoms with E-state index >= 15 is 0 Å². The Morgan fingerprint density at radius 2 is 2.00 bits per heavy atom. The van der Waals surface area contributed by atoms with Gasteiger partial charge in [0.15, 0.2) is 5.76 Å². The average molecular weight is 287 g/mol. The molecule has 0 bridgehead atoms. The molecule has 0 amide bonds. The first-order valence-electron chi connectivity index (χ1n) is 8.01. The van der Waals surface area contributed by atoms with E-state index in [1.54, 1.807) is 18.8 Å². The van der Waals surface area contributed by atoms with Crippen LogP contribution in [0.3, 0.4) is 0 Å². The lowest BCUT2D eigenvalue weighted by Gasteiger charge is -2.41. The molecule has 0 saturated carbocycles. The van der Waals surface area contributed by atoms with Gasteiger partial charge in [-0.2, -0.15) is 0 Å². The van der Waals surface area contributed by atoms with E-state index in [4.69, 9.17) is 9.47 Å². The molecule has 0 radical (unpaired) electrons. The Morgan fingerprint density at radius 1 is 1.19 bits per heavy atom. The third-order valence-corrected chi connectivity index (χ3v) is 4.45. The van der Waals surface area contributed by atoms with Crippen LogP contribution >= 0.6 is 0 Å². The summed E-state index contributed by atoms with van der Waals surface area (Å²) >= 11 is 0. The topological polar surface area (TPSA) is 21.7 Å². The third-order valence-electron chi connectivity index (χ3n) is 4.45. The highest BCUT2D eigenvalue weighted by molar-refractivity contribution is 5.30. The molecule has 0 aromatic rings. The first-order chi connectivity index (χ1) is 10.2. The number of hydrogen-bond donors (Lipinski definition) is 0. The fraction of sp³-hybridized carbons (Fsp3) is 0.556. The zero-order valence-electron chi connectivity index (χ0n) is 13.0. The van der Waals surface area contributed by atoms with Crippen LogP contribution in [0.15, 0.2) is 48.3 Å². The van der Waals surface area contributed by atoms with Crippen LogP contribution < -0.4 is 0 Å². The van der Waals surface area contributed by atoms with Crippen LogP contribution in [0.4, 0.5) is 0 Å². The molecule has 2 heterocycles. The minimum atomic E-state index is 0.213. The van der Waals surface area contributed by atoms with E-state index in [9.17, 15) is 0 Å². The van der Waals surface area contributed by atoms with E-state index in [0.29, 0.717) is 0 Å². The zero-order valence-corrected chi connectivity index (χ0v) is 13.0. The van der Waals surface area contributed by atoms with Crippen molar-refractivity contribution in [2.75, 3.05) is 13.1 Å². The monoisotopic (exact) mass is 287 g/mol. The number of hydrogen-bond acceptors (Lipinski definition) is 3. The Labute approximate surface area is 127 Å². The van der Waals surface area contributed by atoms with Crippen molar-refractivity contribution in [2.45, 2.75) is 39.2 Å². The molecule has 3 unspecified atom stereocenters. The van der Waals surface area contributed by atoms with E-state index in [-0.39, 0.29) is 6.04 Å². The lowest BCUT2D eigenvalue weighted by atomic mass is 9.87. The maximum absolute atomic E-state index is 5.77. The summed E-state index contributed by atoms with van der Waals surface area (Å²) in [5.74, 6) is 2.38. The predicted molar refractivity (Wildman–Crippen MR) is 84.2 cm³/mol. The number of piperidine rings is 1. The number of likely N-dealkylation sites (tertiary alicyclic amines) is 1. The SMILES string of the molecule is CC1CC(C)CN(C(C2=CC=CCC2)C2=COC=CO2)C1. The highest BCUT2D eigenvalue weighted by atomic mass is 16.5. The summed E-state index contributed by atoms with van der Waals surface area (Å²) in [7, 11) is 0. The summed E-state index contributed by atoms with van der Waals surface area (Å²) in [5.41, 5.74) is 1.43. The van der Waals surface area contributed by atoms with Crippen LogP contribution in [0.1, 0.15) is 33.1 Å². The standard InChI is InChI=1S/C18H25NO2/c1-14-10-15(2)12-19(11-14)18(16-6-4-3-5-7-16)17-13-20-8-9-21-17/h3-4,6,8-9,13-15,18H,5,7,10-12H2,1-2H3. The first kappa shape index (κ1) is 14.5. The number of ether oxygens (including phenoxy) is 2. The first-order valence-corrected chi connectivity index (χ1v) is 8.01. The number of allylic oxidation sites excluding steroid dienone is 3. The van der Waals surface area contributed by atoms with Crippen molar-refractivity contribution in [3.05, 3.63) is 48.3 Å². The fourth-order valence-corrected chi connectivity index (χ4v) is 3.77. The molecule has 1 aliphatic carbocycles. The Balaban J connectivity index is 1.86.